The fourth-order valence-electron chi connectivity index (χ4n) is 4.11. The van der Waals surface area contributed by atoms with Gasteiger partial charge in [0.15, 0.2) is 0 Å². The second kappa shape index (κ2) is 8.19. The lowest BCUT2D eigenvalue weighted by Gasteiger charge is -2.28. The van der Waals surface area contributed by atoms with Crippen LogP contribution in [0.3, 0.4) is 0 Å². The van der Waals surface area contributed by atoms with E-state index < -0.39 is 5.41 Å². The number of aromatic nitrogens is 2. The van der Waals surface area contributed by atoms with Crippen molar-refractivity contribution in [3.8, 4) is 5.69 Å². The monoisotopic (exact) mass is 393 g/mol. The van der Waals surface area contributed by atoms with Crippen molar-refractivity contribution in [1.82, 2.24) is 15.1 Å². The minimum Gasteiger partial charge on any atom is -0.355 e. The number of carbonyl (C=O) groups excluding carboxylic acids is 1. The second-order valence-corrected chi connectivity index (χ2v) is 7.87. The van der Waals surface area contributed by atoms with Crippen LogP contribution in [0.1, 0.15) is 36.8 Å². The molecule has 0 aliphatic heterocycles. The van der Waals surface area contributed by atoms with Crippen LogP contribution in [0.25, 0.3) is 5.69 Å². The summed E-state index contributed by atoms with van der Waals surface area (Å²) in [6, 6.07) is 17.8. The van der Waals surface area contributed by atoms with Crippen molar-refractivity contribution in [2.24, 2.45) is 0 Å². The van der Waals surface area contributed by atoms with Crippen molar-refractivity contribution < 1.29 is 4.79 Å². The molecule has 0 bridgehead atoms. The van der Waals surface area contributed by atoms with Crippen molar-refractivity contribution in [2.45, 2.75) is 37.5 Å². The molecule has 0 spiro atoms. The molecule has 1 N–H and O–H groups in total. The molecule has 1 heterocycles. The smallest absolute Gasteiger partial charge is 0.230 e. The zero-order chi connectivity index (χ0) is 19.4. The molecule has 1 amide bonds. The average Bonchev–Trinajstić information content (AvgIpc) is 3.39. The number of para-hydroxylation sites is 1. The fraction of sp³-hybridized carbons (Fsp3) is 0.304. The van der Waals surface area contributed by atoms with Gasteiger partial charge in [0.05, 0.1) is 17.3 Å². The zero-order valence-electron chi connectivity index (χ0n) is 15.8. The van der Waals surface area contributed by atoms with Gasteiger partial charge in [-0.25, -0.2) is 4.68 Å². The van der Waals surface area contributed by atoms with Gasteiger partial charge in [0.1, 0.15) is 0 Å². The molecule has 2 aromatic carbocycles. The summed E-state index contributed by atoms with van der Waals surface area (Å²) in [5.74, 6) is 0.114. The predicted molar refractivity (Wildman–Crippen MR) is 112 cm³/mol. The molecule has 4 nitrogen and oxygen atoms in total. The van der Waals surface area contributed by atoms with E-state index in [2.05, 4.69) is 10.4 Å². The van der Waals surface area contributed by atoms with Crippen LogP contribution in [0, 0.1) is 0 Å². The van der Waals surface area contributed by atoms with Crippen molar-refractivity contribution in [3.63, 3.8) is 0 Å². The summed E-state index contributed by atoms with van der Waals surface area (Å²) in [5, 5.41) is 8.27. The molecule has 3 aromatic rings. The number of hydrogen-bond acceptors (Lipinski definition) is 2. The molecule has 0 unspecified atom stereocenters. The highest BCUT2D eigenvalue weighted by Crippen LogP contribution is 2.42. The SMILES string of the molecule is O=C(NCCc1cnn(-c2ccccc2)c1)C1(c2cccc(Cl)c2)CCCC1. The molecule has 1 saturated carbocycles. The summed E-state index contributed by atoms with van der Waals surface area (Å²) in [6.07, 6.45) is 8.54. The maximum absolute atomic E-state index is 13.1. The van der Waals surface area contributed by atoms with E-state index in [-0.39, 0.29) is 5.91 Å². The minimum atomic E-state index is -0.445. The third kappa shape index (κ3) is 3.83. The topological polar surface area (TPSA) is 46.9 Å². The van der Waals surface area contributed by atoms with Gasteiger partial charge >= 0.3 is 0 Å². The normalized spacial score (nSPS) is 15.5. The van der Waals surface area contributed by atoms with Gasteiger partial charge in [-0.05, 0) is 54.7 Å². The Morgan fingerprint density at radius 2 is 1.89 bits per heavy atom. The molecular formula is C23H24ClN3O. The van der Waals surface area contributed by atoms with E-state index in [1.54, 1.807) is 0 Å². The third-order valence-electron chi connectivity index (χ3n) is 5.62. The van der Waals surface area contributed by atoms with Gasteiger partial charge in [0, 0.05) is 17.8 Å². The van der Waals surface area contributed by atoms with Gasteiger partial charge in [0.25, 0.3) is 0 Å². The van der Waals surface area contributed by atoms with Crippen LogP contribution < -0.4 is 5.32 Å². The Labute approximate surface area is 170 Å². The number of rotatable bonds is 6. The Bertz CT molecular complexity index is 945. The summed E-state index contributed by atoms with van der Waals surface area (Å²) in [6.45, 7) is 0.599. The van der Waals surface area contributed by atoms with E-state index in [0.717, 1.165) is 48.9 Å². The molecule has 1 fully saturated rings. The first kappa shape index (κ1) is 18.8. The molecule has 1 aliphatic rings. The number of benzene rings is 2. The number of hydrogen-bond donors (Lipinski definition) is 1. The lowest BCUT2D eigenvalue weighted by Crippen LogP contribution is -2.43. The zero-order valence-corrected chi connectivity index (χ0v) is 16.5. The van der Waals surface area contributed by atoms with E-state index in [1.807, 2.05) is 71.7 Å². The molecular weight excluding hydrogens is 370 g/mol. The summed E-state index contributed by atoms with van der Waals surface area (Å²) in [7, 11) is 0. The van der Waals surface area contributed by atoms with E-state index in [9.17, 15) is 4.79 Å². The van der Waals surface area contributed by atoms with E-state index in [4.69, 9.17) is 11.6 Å². The lowest BCUT2D eigenvalue weighted by molar-refractivity contribution is -0.126. The molecule has 1 aliphatic carbocycles. The summed E-state index contributed by atoms with van der Waals surface area (Å²) in [4.78, 5) is 13.1. The molecule has 0 atom stereocenters. The van der Waals surface area contributed by atoms with Crippen molar-refractivity contribution in [1.29, 1.82) is 0 Å². The summed E-state index contributed by atoms with van der Waals surface area (Å²) < 4.78 is 1.86. The van der Waals surface area contributed by atoms with E-state index >= 15 is 0 Å². The molecule has 5 heteroatoms. The van der Waals surface area contributed by atoms with Gasteiger partial charge in [-0.3, -0.25) is 4.79 Å². The number of halogens is 1. The largest absolute Gasteiger partial charge is 0.355 e. The molecule has 0 radical (unpaired) electrons. The highest BCUT2D eigenvalue weighted by atomic mass is 35.5. The van der Waals surface area contributed by atoms with Gasteiger partial charge < -0.3 is 5.32 Å². The highest BCUT2D eigenvalue weighted by molar-refractivity contribution is 6.30. The Balaban J connectivity index is 1.40. The summed E-state index contributed by atoms with van der Waals surface area (Å²) in [5.41, 5.74) is 2.72. The van der Waals surface area contributed by atoms with E-state index in [0.29, 0.717) is 11.6 Å². The van der Waals surface area contributed by atoms with Crippen LogP contribution in [0.15, 0.2) is 67.0 Å². The van der Waals surface area contributed by atoms with Gasteiger partial charge in [-0.1, -0.05) is 54.8 Å². The second-order valence-electron chi connectivity index (χ2n) is 7.43. The number of carbonyl (C=O) groups is 1. The van der Waals surface area contributed by atoms with Crippen molar-refractivity contribution >= 4 is 17.5 Å². The Morgan fingerprint density at radius 3 is 2.64 bits per heavy atom. The van der Waals surface area contributed by atoms with Crippen LogP contribution >= 0.6 is 11.6 Å². The standard InChI is InChI=1S/C23H24ClN3O/c24-20-8-6-7-19(15-20)23(12-4-5-13-23)22(28)25-14-11-18-16-26-27(17-18)21-9-2-1-3-10-21/h1-3,6-10,15-17H,4-5,11-14H2,(H,25,28). The first-order chi connectivity index (χ1) is 13.7. The first-order valence-corrected chi connectivity index (χ1v) is 10.2. The van der Waals surface area contributed by atoms with Crippen LogP contribution in [-0.2, 0) is 16.6 Å². The quantitative estimate of drug-likeness (QED) is 0.660. The van der Waals surface area contributed by atoms with Crippen molar-refractivity contribution in [3.05, 3.63) is 83.1 Å². The fourth-order valence-corrected chi connectivity index (χ4v) is 4.30. The van der Waals surface area contributed by atoms with Gasteiger partial charge in [-0.15, -0.1) is 0 Å². The van der Waals surface area contributed by atoms with Crippen LogP contribution in [0.5, 0.6) is 0 Å². The summed E-state index contributed by atoms with van der Waals surface area (Å²) >= 11 is 6.19. The first-order valence-electron chi connectivity index (χ1n) is 9.81. The predicted octanol–water partition coefficient (Wildman–Crippen LogP) is 4.70. The number of nitrogens with zero attached hydrogens (tertiary/aromatic N) is 2. The maximum atomic E-state index is 13.1. The Hall–Kier alpha value is -2.59. The number of nitrogens with one attached hydrogen (secondary N) is 1. The molecule has 0 saturated heterocycles. The Kier molecular flexibility index (Phi) is 5.49. The van der Waals surface area contributed by atoms with Gasteiger partial charge in [0.2, 0.25) is 5.91 Å². The van der Waals surface area contributed by atoms with Crippen LogP contribution in [0.2, 0.25) is 5.02 Å². The average molecular weight is 394 g/mol. The molecule has 4 rings (SSSR count). The van der Waals surface area contributed by atoms with Crippen LogP contribution in [-0.4, -0.2) is 22.2 Å². The molecule has 28 heavy (non-hydrogen) atoms. The van der Waals surface area contributed by atoms with E-state index in [1.165, 1.54) is 0 Å². The van der Waals surface area contributed by atoms with Gasteiger partial charge in [-0.2, -0.15) is 5.10 Å². The maximum Gasteiger partial charge on any atom is 0.230 e. The van der Waals surface area contributed by atoms with Crippen molar-refractivity contribution in [2.75, 3.05) is 6.54 Å². The third-order valence-corrected chi connectivity index (χ3v) is 5.86. The lowest BCUT2D eigenvalue weighted by atomic mass is 9.78. The highest BCUT2D eigenvalue weighted by Gasteiger charge is 2.42. The Morgan fingerprint density at radius 1 is 1.11 bits per heavy atom. The minimum absolute atomic E-state index is 0.114. The molecule has 1 aromatic heterocycles. The molecule has 144 valence electrons. The van der Waals surface area contributed by atoms with Crippen LogP contribution in [0.4, 0.5) is 0 Å². The number of amides is 1.